The lowest BCUT2D eigenvalue weighted by Crippen LogP contribution is -2.65. The number of rotatable bonds is 11. The molecule has 0 radical (unpaired) electrons. The van der Waals surface area contributed by atoms with Crippen molar-refractivity contribution in [2.24, 2.45) is 23.7 Å². The number of amides is 12. The van der Waals surface area contributed by atoms with E-state index in [1.807, 2.05) is 32.9 Å². The van der Waals surface area contributed by atoms with Crippen molar-refractivity contribution in [3.05, 3.63) is 34.9 Å². The number of halogens is 1. The molecule has 2 saturated carbocycles. The Morgan fingerprint density at radius 1 is 0.602 bits per heavy atom. The maximum Gasteiger partial charge on any atom is 0.248 e. The van der Waals surface area contributed by atoms with Crippen LogP contribution in [0.2, 0.25) is 5.02 Å². The molecule has 0 bridgehead atoms. The van der Waals surface area contributed by atoms with Crippen LogP contribution in [-0.4, -0.2) is 251 Å². The molecule has 6 rings (SSSR count). The second kappa shape index (κ2) is 34.0. The second-order valence-corrected chi connectivity index (χ2v) is 28.4. The van der Waals surface area contributed by atoms with Crippen LogP contribution in [0.15, 0.2) is 24.3 Å². The minimum Gasteiger partial charge on any atom is -0.343 e. The highest BCUT2D eigenvalue weighted by molar-refractivity contribution is 6.30. The maximum absolute atomic E-state index is 15.4. The average molecular weight is 1320 g/mol. The number of likely N-dealkylation sites (tertiary alicyclic amines) is 1. The van der Waals surface area contributed by atoms with Gasteiger partial charge in [0.25, 0.3) is 0 Å². The van der Waals surface area contributed by atoms with E-state index in [4.69, 9.17) is 11.6 Å². The van der Waals surface area contributed by atoms with E-state index in [-0.39, 0.29) is 50.5 Å². The molecule has 12 amide bonds. The molecule has 1 aromatic rings. The first kappa shape index (κ1) is 75.2. The number of carbonyl (C=O) groups excluding carboxylic acids is 12. The molecule has 1 unspecified atom stereocenters. The Morgan fingerprint density at radius 2 is 1.20 bits per heavy atom. The van der Waals surface area contributed by atoms with Crippen molar-refractivity contribution in [1.82, 2.24) is 60.0 Å². The number of hydrogen-bond acceptors (Lipinski definition) is 12. The molecule has 3 aliphatic heterocycles. The van der Waals surface area contributed by atoms with Gasteiger partial charge < -0.3 is 60.0 Å². The highest BCUT2D eigenvalue weighted by Crippen LogP contribution is 2.35. The molecular weight excluding hydrogens is 1210 g/mol. The van der Waals surface area contributed by atoms with Crippen molar-refractivity contribution in [3.63, 3.8) is 0 Å². The van der Waals surface area contributed by atoms with Crippen molar-refractivity contribution in [3.8, 4) is 0 Å². The van der Waals surface area contributed by atoms with Crippen molar-refractivity contribution in [1.29, 1.82) is 0 Å². The quantitative estimate of drug-likeness (QED) is 0.283. The van der Waals surface area contributed by atoms with Crippen LogP contribution in [0.5, 0.6) is 0 Å². The monoisotopic (exact) mass is 1320 g/mol. The highest BCUT2D eigenvalue weighted by atomic mass is 35.5. The maximum atomic E-state index is 15.4. The van der Waals surface area contributed by atoms with E-state index in [1.165, 1.54) is 83.6 Å². The Morgan fingerprint density at radius 3 is 1.81 bits per heavy atom. The molecule has 8 atom stereocenters. The van der Waals surface area contributed by atoms with E-state index < -0.39 is 157 Å². The number of carbonyl (C=O) groups is 12. The van der Waals surface area contributed by atoms with E-state index in [2.05, 4.69) is 16.0 Å². The fourth-order valence-electron chi connectivity index (χ4n) is 14.1. The first-order valence-electron chi connectivity index (χ1n) is 34.0. The summed E-state index contributed by atoms with van der Waals surface area (Å²) in [5.74, 6) is -8.05. The third kappa shape index (κ3) is 19.2. The largest absolute Gasteiger partial charge is 0.343 e. The van der Waals surface area contributed by atoms with Gasteiger partial charge in [-0.15, -0.1) is 0 Å². The van der Waals surface area contributed by atoms with E-state index in [0.29, 0.717) is 69.5 Å². The standard InChI is InChI=1S/C68H107ClN12O12/c1-14-45(6)58-65(91)75(9)41-56(84)73(7)42-57(85)77(11)52(38-47-23-16-17-24-47)63(89)74(8)40-54(82)70-49(31-28-46-26-29-48(69)30-27-46)62(88)81-36-22-25-50(81)61(87)72-68(32-18-19-33-68)67(93)79(13)59(44(4)5)66(92)78(12)53(64(90)80-34-20-15-21-35-80)39-55(83)76(10)51(37-43(2)3)60(86)71-58/h26-27,29-30,43-45,47,49-53,58-59H,14-25,28,31-42H2,1-13H3,(H,70,82)(H,71,86)(H,72,87)/t45-,49-,50?,51-,52-,53-,58-,59-/m0/s1. The second-order valence-electron chi connectivity index (χ2n) is 28.0. The third-order valence-corrected chi connectivity index (χ3v) is 20.5. The number of aryl methyl sites for hydroxylation is 1. The van der Waals surface area contributed by atoms with Crippen LogP contribution in [0.4, 0.5) is 0 Å². The summed E-state index contributed by atoms with van der Waals surface area (Å²) in [6.45, 7) is 10.4. The molecule has 3 heterocycles. The fraction of sp³-hybridized carbons (Fsp3) is 0.735. The van der Waals surface area contributed by atoms with E-state index in [0.717, 1.165) is 42.6 Å². The topological polar surface area (TPSA) is 270 Å². The van der Waals surface area contributed by atoms with Crippen molar-refractivity contribution >= 4 is 82.5 Å². The summed E-state index contributed by atoms with van der Waals surface area (Å²) in [5.41, 5.74) is -0.667. The van der Waals surface area contributed by atoms with Crippen molar-refractivity contribution in [2.45, 2.75) is 211 Å². The molecule has 518 valence electrons. The normalized spacial score (nSPS) is 26.6. The molecule has 3 saturated heterocycles. The van der Waals surface area contributed by atoms with Crippen molar-refractivity contribution in [2.75, 3.05) is 88.6 Å². The summed E-state index contributed by atoms with van der Waals surface area (Å²) in [4.78, 5) is 189. The minimum absolute atomic E-state index is 0.0975. The lowest BCUT2D eigenvalue weighted by atomic mass is 9.91. The molecule has 24 nitrogen and oxygen atoms in total. The van der Waals surface area contributed by atoms with Crippen LogP contribution in [0, 0.1) is 23.7 Å². The molecule has 0 aromatic heterocycles. The van der Waals surface area contributed by atoms with Gasteiger partial charge >= 0.3 is 0 Å². The molecule has 5 aliphatic rings. The minimum atomic E-state index is -1.49. The van der Waals surface area contributed by atoms with Crippen LogP contribution in [0.25, 0.3) is 0 Å². The van der Waals surface area contributed by atoms with Gasteiger partial charge in [0.1, 0.15) is 47.8 Å². The number of likely N-dealkylation sites (N-methyl/N-ethyl adjacent to an activating group) is 7. The Bertz CT molecular complexity index is 2840. The average Bonchev–Trinajstić information content (AvgIpc) is 1.77. The lowest BCUT2D eigenvalue weighted by Gasteiger charge is -2.42. The zero-order valence-corrected chi connectivity index (χ0v) is 58.4. The zero-order chi connectivity index (χ0) is 68.8. The van der Waals surface area contributed by atoms with Crippen LogP contribution in [0.1, 0.15) is 163 Å². The number of hydrogen-bond donors (Lipinski definition) is 3. The molecule has 93 heavy (non-hydrogen) atoms. The fourth-order valence-corrected chi connectivity index (χ4v) is 14.3. The molecule has 1 spiro atoms. The summed E-state index contributed by atoms with van der Waals surface area (Å²) in [5, 5.41) is 9.41. The highest BCUT2D eigenvalue weighted by Gasteiger charge is 2.50. The van der Waals surface area contributed by atoms with Crippen LogP contribution in [-0.2, 0) is 64.0 Å². The molecular formula is C68H107ClN12O12. The van der Waals surface area contributed by atoms with Gasteiger partial charge in [-0.05, 0) is 112 Å². The molecule has 3 N–H and O–H groups in total. The van der Waals surface area contributed by atoms with Crippen LogP contribution in [0.3, 0.4) is 0 Å². The summed E-state index contributed by atoms with van der Waals surface area (Å²) >= 11 is 6.23. The third-order valence-electron chi connectivity index (χ3n) is 20.2. The summed E-state index contributed by atoms with van der Waals surface area (Å²) in [6.07, 6.45) is 8.93. The van der Waals surface area contributed by atoms with Crippen LogP contribution >= 0.6 is 11.6 Å². The molecule has 2 aliphatic carbocycles. The molecule has 1 aromatic carbocycles. The first-order valence-corrected chi connectivity index (χ1v) is 34.3. The van der Waals surface area contributed by atoms with Gasteiger partial charge in [0.15, 0.2) is 0 Å². The van der Waals surface area contributed by atoms with Gasteiger partial charge in [-0.1, -0.05) is 110 Å². The number of nitrogens with one attached hydrogen (secondary N) is 3. The predicted octanol–water partition coefficient (Wildman–Crippen LogP) is 4.09. The van der Waals surface area contributed by atoms with E-state index in [1.54, 1.807) is 37.8 Å². The zero-order valence-electron chi connectivity index (χ0n) is 57.6. The number of nitrogens with zero attached hydrogens (tertiary/aromatic N) is 9. The number of fused-ring (bicyclic) bond motifs is 1. The summed E-state index contributed by atoms with van der Waals surface area (Å²) < 4.78 is 0. The van der Waals surface area contributed by atoms with Gasteiger partial charge in [0, 0.05) is 74.0 Å². The smallest absolute Gasteiger partial charge is 0.248 e. The predicted molar refractivity (Wildman–Crippen MR) is 352 cm³/mol. The summed E-state index contributed by atoms with van der Waals surface area (Å²) in [6, 6.07) is -1.09. The van der Waals surface area contributed by atoms with E-state index >= 15 is 14.4 Å². The Labute approximate surface area is 556 Å². The van der Waals surface area contributed by atoms with Gasteiger partial charge in [-0.2, -0.15) is 0 Å². The van der Waals surface area contributed by atoms with E-state index in [9.17, 15) is 43.2 Å². The van der Waals surface area contributed by atoms with Gasteiger partial charge in [0.2, 0.25) is 70.9 Å². The Balaban J connectivity index is 1.40. The van der Waals surface area contributed by atoms with Gasteiger partial charge in [0.05, 0.1) is 26.1 Å². The first-order chi connectivity index (χ1) is 43.9. The Kier molecular flexibility index (Phi) is 27.5. The van der Waals surface area contributed by atoms with Gasteiger partial charge in [-0.25, -0.2) is 0 Å². The van der Waals surface area contributed by atoms with Gasteiger partial charge in [-0.3, -0.25) is 57.5 Å². The summed E-state index contributed by atoms with van der Waals surface area (Å²) in [7, 11) is 10.2. The van der Waals surface area contributed by atoms with Crippen molar-refractivity contribution < 1.29 is 57.5 Å². The molecule has 5 fully saturated rings. The number of piperidine rings is 1. The number of benzene rings is 1. The lowest BCUT2D eigenvalue weighted by molar-refractivity contribution is -0.156. The Hall–Kier alpha value is -6.85. The SMILES string of the molecule is CC[C@H](C)[C@@H]1NC(=O)[C@H](CC(C)C)N(C)C(=O)C[C@@H](C(=O)N2CCCCC2)N(C)C(=O)[C@H](C(C)C)N(C)C(=O)C2(CCCC2)NC(=O)C2CCCN2C(=O)[C@H](CCc2ccc(Cl)cc2)NC(=O)CN(C)C(=O)[C@H](CC2CCCC2)N(C)C(=O)CN(C)C(=O)CN(C)C1=O. The molecule has 25 heteroatoms. The van der Waals surface area contributed by atoms with Crippen LogP contribution < -0.4 is 16.0 Å².